The van der Waals surface area contributed by atoms with Gasteiger partial charge in [0.25, 0.3) is 0 Å². The van der Waals surface area contributed by atoms with Gasteiger partial charge in [0, 0.05) is 11.6 Å². The third kappa shape index (κ3) is 1.86. The molecule has 0 saturated carbocycles. The zero-order valence-electron chi connectivity index (χ0n) is 8.46. The van der Waals surface area contributed by atoms with Crippen LogP contribution in [0.1, 0.15) is 5.56 Å². The Morgan fingerprint density at radius 3 is 2.31 bits per heavy atom. The monoisotopic (exact) mass is 222 g/mol. The molecule has 0 bridgehead atoms. The first-order valence-electron chi connectivity index (χ1n) is 4.64. The molecule has 1 heterocycles. The molecule has 0 aliphatic heterocycles. The van der Waals surface area contributed by atoms with Gasteiger partial charge in [-0.3, -0.25) is 0 Å². The van der Waals surface area contributed by atoms with Crippen LogP contribution in [0, 0.1) is 18.6 Å². The molecular formula is C12H8F2O2. The zero-order valence-corrected chi connectivity index (χ0v) is 8.46. The van der Waals surface area contributed by atoms with Crippen LogP contribution in [-0.2, 0) is 0 Å². The van der Waals surface area contributed by atoms with E-state index in [1.807, 2.05) is 6.92 Å². The third-order valence-electron chi connectivity index (χ3n) is 2.19. The van der Waals surface area contributed by atoms with Crippen molar-refractivity contribution in [2.45, 2.75) is 6.92 Å². The van der Waals surface area contributed by atoms with Crippen molar-refractivity contribution < 1.29 is 13.2 Å². The Morgan fingerprint density at radius 1 is 1.12 bits per heavy atom. The molecule has 0 N–H and O–H groups in total. The van der Waals surface area contributed by atoms with Crippen molar-refractivity contribution in [2.24, 2.45) is 0 Å². The number of benzene rings is 1. The van der Waals surface area contributed by atoms with Gasteiger partial charge < -0.3 is 4.42 Å². The van der Waals surface area contributed by atoms with Gasteiger partial charge in [-0.05, 0) is 6.92 Å². The van der Waals surface area contributed by atoms with Gasteiger partial charge in [-0.1, -0.05) is 29.8 Å². The first kappa shape index (κ1) is 10.5. The molecule has 0 atom stereocenters. The molecule has 0 saturated heterocycles. The molecule has 16 heavy (non-hydrogen) atoms. The lowest BCUT2D eigenvalue weighted by atomic mass is 10.1. The Balaban J connectivity index is 2.57. The molecule has 4 heteroatoms. The fourth-order valence-corrected chi connectivity index (χ4v) is 1.31. The van der Waals surface area contributed by atoms with Crippen LogP contribution in [0.3, 0.4) is 0 Å². The lowest BCUT2D eigenvalue weighted by Crippen LogP contribution is -2.07. The normalized spacial score (nSPS) is 10.4. The van der Waals surface area contributed by atoms with Crippen molar-refractivity contribution in [3.05, 3.63) is 57.9 Å². The van der Waals surface area contributed by atoms with Crippen LogP contribution in [0.5, 0.6) is 0 Å². The molecule has 82 valence electrons. The number of rotatable bonds is 1. The molecule has 0 aliphatic carbocycles. The van der Waals surface area contributed by atoms with Crippen molar-refractivity contribution in [3.63, 3.8) is 0 Å². The molecule has 2 aromatic rings. The highest BCUT2D eigenvalue weighted by molar-refractivity contribution is 5.57. The predicted molar refractivity (Wildman–Crippen MR) is 55.1 cm³/mol. The fraction of sp³-hybridized carbons (Fsp3) is 0.0833. The number of halogens is 2. The van der Waals surface area contributed by atoms with Gasteiger partial charge in [0.05, 0.1) is 0 Å². The van der Waals surface area contributed by atoms with Gasteiger partial charge >= 0.3 is 5.63 Å². The average molecular weight is 222 g/mol. The van der Waals surface area contributed by atoms with Crippen molar-refractivity contribution in [2.75, 3.05) is 0 Å². The van der Waals surface area contributed by atoms with E-state index in [0.29, 0.717) is 5.56 Å². The van der Waals surface area contributed by atoms with Crippen LogP contribution in [0.2, 0.25) is 0 Å². The minimum Gasteiger partial charge on any atom is -0.420 e. The summed E-state index contributed by atoms with van der Waals surface area (Å²) in [6.45, 7) is 1.89. The van der Waals surface area contributed by atoms with E-state index in [1.165, 1.54) is 0 Å². The summed E-state index contributed by atoms with van der Waals surface area (Å²) >= 11 is 0. The molecule has 2 rings (SSSR count). The molecule has 0 aliphatic rings. The summed E-state index contributed by atoms with van der Waals surface area (Å²) < 4.78 is 30.3. The first-order valence-corrected chi connectivity index (χ1v) is 4.64. The highest BCUT2D eigenvalue weighted by atomic mass is 19.2. The number of aryl methyl sites for hydroxylation is 1. The predicted octanol–water partition coefficient (Wildman–Crippen LogP) is 2.89. The van der Waals surface area contributed by atoms with Crippen molar-refractivity contribution in [3.8, 4) is 11.3 Å². The molecule has 0 amide bonds. The van der Waals surface area contributed by atoms with Crippen LogP contribution in [0.15, 0.2) is 39.5 Å². The van der Waals surface area contributed by atoms with Gasteiger partial charge in [-0.25, -0.2) is 9.18 Å². The van der Waals surface area contributed by atoms with Gasteiger partial charge in [-0.2, -0.15) is 4.39 Å². The van der Waals surface area contributed by atoms with E-state index in [2.05, 4.69) is 4.42 Å². The lowest BCUT2D eigenvalue weighted by Gasteiger charge is -2.01. The fourth-order valence-electron chi connectivity index (χ4n) is 1.31. The van der Waals surface area contributed by atoms with E-state index in [4.69, 9.17) is 0 Å². The molecule has 1 aromatic carbocycles. The summed E-state index contributed by atoms with van der Waals surface area (Å²) in [5, 5.41) is 0. The van der Waals surface area contributed by atoms with E-state index in [1.54, 1.807) is 24.3 Å². The Labute approximate surface area is 90.2 Å². The van der Waals surface area contributed by atoms with E-state index >= 15 is 0 Å². The van der Waals surface area contributed by atoms with Crippen molar-refractivity contribution in [1.29, 1.82) is 0 Å². The van der Waals surface area contributed by atoms with Crippen molar-refractivity contribution in [1.82, 2.24) is 0 Å². The first-order chi connectivity index (χ1) is 7.58. The molecule has 1 aromatic heterocycles. The van der Waals surface area contributed by atoms with Crippen molar-refractivity contribution >= 4 is 0 Å². The smallest absolute Gasteiger partial charge is 0.375 e. The Hall–Kier alpha value is -1.97. The van der Waals surface area contributed by atoms with E-state index in [9.17, 15) is 13.6 Å². The topological polar surface area (TPSA) is 30.2 Å². The summed E-state index contributed by atoms with van der Waals surface area (Å²) in [5.74, 6) is -2.67. The zero-order chi connectivity index (χ0) is 11.7. The van der Waals surface area contributed by atoms with Gasteiger partial charge in [-0.15, -0.1) is 0 Å². The molecule has 0 unspecified atom stereocenters. The molecule has 2 nitrogen and oxygen atoms in total. The summed E-state index contributed by atoms with van der Waals surface area (Å²) in [6.07, 6.45) is 0. The van der Waals surface area contributed by atoms with E-state index in [-0.39, 0.29) is 5.76 Å². The summed E-state index contributed by atoms with van der Waals surface area (Å²) in [5.41, 5.74) is 0.255. The lowest BCUT2D eigenvalue weighted by molar-refractivity contribution is 0.416. The molecule has 0 spiro atoms. The minimum absolute atomic E-state index is 0.0175. The number of hydrogen-bond acceptors (Lipinski definition) is 2. The second-order valence-electron chi connectivity index (χ2n) is 3.43. The van der Waals surface area contributed by atoms with E-state index in [0.717, 1.165) is 11.6 Å². The summed E-state index contributed by atoms with van der Waals surface area (Å²) in [4.78, 5) is 10.9. The second-order valence-corrected chi connectivity index (χ2v) is 3.43. The van der Waals surface area contributed by atoms with Crippen LogP contribution in [0.25, 0.3) is 11.3 Å². The summed E-state index contributed by atoms with van der Waals surface area (Å²) in [6, 6.07) is 7.78. The van der Waals surface area contributed by atoms with Gasteiger partial charge in [0.2, 0.25) is 5.82 Å². The van der Waals surface area contributed by atoms with Gasteiger partial charge in [0.1, 0.15) is 5.76 Å². The summed E-state index contributed by atoms with van der Waals surface area (Å²) in [7, 11) is 0. The quantitative estimate of drug-likeness (QED) is 0.742. The highest BCUT2D eigenvalue weighted by Gasteiger charge is 2.11. The standard InChI is InChI=1S/C12H8F2O2/c1-7-2-4-8(5-3-7)10-6-9(13)11(14)12(15)16-10/h2-6H,1H3. The van der Waals surface area contributed by atoms with Crippen LogP contribution >= 0.6 is 0 Å². The average Bonchev–Trinajstić information content (AvgIpc) is 2.26. The largest absolute Gasteiger partial charge is 0.420 e. The maximum absolute atomic E-state index is 13.0. The van der Waals surface area contributed by atoms with Gasteiger partial charge in [0.15, 0.2) is 5.82 Å². The Kier molecular flexibility index (Phi) is 2.56. The molecular weight excluding hydrogens is 214 g/mol. The van der Waals surface area contributed by atoms with E-state index < -0.39 is 17.3 Å². The Morgan fingerprint density at radius 2 is 1.75 bits per heavy atom. The molecule has 0 fully saturated rings. The molecule has 0 radical (unpaired) electrons. The van der Waals surface area contributed by atoms with Crippen LogP contribution < -0.4 is 5.63 Å². The third-order valence-corrected chi connectivity index (χ3v) is 2.19. The number of hydrogen-bond donors (Lipinski definition) is 0. The Bertz CT molecular complexity index is 571. The SMILES string of the molecule is Cc1ccc(-c2cc(F)c(F)c(=O)o2)cc1. The van der Waals surface area contributed by atoms with Crippen LogP contribution in [-0.4, -0.2) is 0 Å². The maximum atomic E-state index is 13.0. The second kappa shape index (κ2) is 3.89. The maximum Gasteiger partial charge on any atom is 0.375 e. The van der Waals surface area contributed by atoms with Crippen LogP contribution in [0.4, 0.5) is 8.78 Å². The minimum atomic E-state index is -1.49. The highest BCUT2D eigenvalue weighted by Crippen LogP contribution is 2.19.